The minimum absolute atomic E-state index is 0.0256. The van der Waals surface area contributed by atoms with Crippen LogP contribution >= 0.6 is 22.9 Å². The third kappa shape index (κ3) is 3.12. The Morgan fingerprint density at radius 2 is 1.61 bits per heavy atom. The van der Waals surface area contributed by atoms with Crippen molar-refractivity contribution in [3.8, 4) is 5.75 Å². The number of para-hydroxylation sites is 1. The quantitative estimate of drug-likeness (QED) is 0.527. The molecular weight excluding hydrogens is 312 g/mol. The van der Waals surface area contributed by atoms with E-state index in [1.807, 2.05) is 0 Å². The van der Waals surface area contributed by atoms with E-state index in [0.717, 1.165) is 0 Å². The normalized spacial score (nSPS) is 24.9. The van der Waals surface area contributed by atoms with Crippen molar-refractivity contribution in [2.45, 2.75) is 0 Å². The standard InChI is InChI=1S/C9H8F5OP3/c10-16-6-17(11,12)7-18(13,14)9(16)15-8-4-2-1-3-5-8/h1-7,16H. The first-order valence-corrected chi connectivity index (χ1v) is 9.52. The van der Waals surface area contributed by atoms with Crippen molar-refractivity contribution in [2.75, 3.05) is 0 Å². The van der Waals surface area contributed by atoms with Gasteiger partial charge in [0, 0.05) is 5.54 Å². The molecule has 2 rings (SSSR count). The van der Waals surface area contributed by atoms with Crippen LogP contribution in [0.5, 0.6) is 5.75 Å². The molecule has 1 nitrogen and oxygen atoms in total. The van der Waals surface area contributed by atoms with Crippen LogP contribution in [0.3, 0.4) is 0 Å². The van der Waals surface area contributed by atoms with E-state index in [1.54, 1.807) is 6.07 Å². The molecule has 1 unspecified atom stereocenters. The molecule has 0 spiro atoms. The Labute approximate surface area is 102 Å². The van der Waals surface area contributed by atoms with E-state index >= 15 is 0 Å². The molecule has 0 fully saturated rings. The van der Waals surface area contributed by atoms with Gasteiger partial charge >= 0.3 is 0 Å². The van der Waals surface area contributed by atoms with Gasteiger partial charge in [-0.25, -0.2) is 4.20 Å². The molecule has 0 N–H and O–H groups in total. The highest BCUT2D eigenvalue weighted by atomic mass is 31.3. The molecule has 0 bridgehead atoms. The summed E-state index contributed by atoms with van der Waals surface area (Å²) in [6, 6.07) is 7.41. The van der Waals surface area contributed by atoms with E-state index < -0.39 is 28.1 Å². The highest BCUT2D eigenvalue weighted by Gasteiger charge is 2.35. The van der Waals surface area contributed by atoms with E-state index in [0.29, 0.717) is 0 Å². The molecule has 0 saturated carbocycles. The molecule has 100 valence electrons. The van der Waals surface area contributed by atoms with Gasteiger partial charge in [-0.05, 0) is 12.1 Å². The molecule has 0 aliphatic carbocycles. The number of hydrogen-bond donors (Lipinski definition) is 0. The molecule has 1 heterocycles. The number of halogens is 5. The second-order valence-electron chi connectivity index (χ2n) is 3.47. The van der Waals surface area contributed by atoms with Gasteiger partial charge in [0.2, 0.25) is 12.7 Å². The maximum Gasteiger partial charge on any atom is 0.283 e. The number of benzene rings is 1. The number of rotatable bonds is 2. The Morgan fingerprint density at radius 1 is 1.00 bits per heavy atom. The van der Waals surface area contributed by atoms with Crippen LogP contribution in [-0.4, -0.2) is 16.3 Å². The van der Waals surface area contributed by atoms with E-state index in [4.69, 9.17) is 4.74 Å². The van der Waals surface area contributed by atoms with Crippen LogP contribution in [0, 0.1) is 0 Å². The molecule has 18 heavy (non-hydrogen) atoms. The summed E-state index contributed by atoms with van der Waals surface area (Å²) in [6.45, 7) is 0. The topological polar surface area (TPSA) is 9.23 Å². The Hall–Kier alpha value is -0.430. The average Bonchev–Trinajstić information content (AvgIpc) is 2.23. The number of ether oxygens (including phenoxy) is 1. The summed E-state index contributed by atoms with van der Waals surface area (Å²) in [5.41, 5.74) is -0.167. The second-order valence-corrected chi connectivity index (χ2v) is 9.73. The van der Waals surface area contributed by atoms with Crippen LogP contribution in [0.1, 0.15) is 0 Å². The predicted octanol–water partition coefficient (Wildman–Crippen LogP) is 5.36. The van der Waals surface area contributed by atoms with Crippen LogP contribution in [0.2, 0.25) is 0 Å². The van der Waals surface area contributed by atoms with Gasteiger partial charge in [-0.1, -0.05) is 18.2 Å². The number of hydrogen-bond acceptors (Lipinski definition) is 1. The summed E-state index contributed by atoms with van der Waals surface area (Å²) >= 11 is 0. The Bertz CT molecular complexity index is 598. The molecule has 1 aliphatic rings. The largest absolute Gasteiger partial charge is 0.449 e. The van der Waals surface area contributed by atoms with Gasteiger partial charge in [-0.15, -0.1) is 0 Å². The molecule has 1 aromatic rings. The van der Waals surface area contributed by atoms with Crippen LogP contribution in [-0.2, 0) is 0 Å². The first-order chi connectivity index (χ1) is 8.30. The summed E-state index contributed by atoms with van der Waals surface area (Å²) in [4.78, 5) is 0. The fourth-order valence-corrected chi connectivity index (χ4v) is 8.44. The first-order valence-electron chi connectivity index (χ1n) is 4.72. The summed E-state index contributed by atoms with van der Waals surface area (Å²) in [5.74, 6) is 0.0256. The lowest BCUT2D eigenvalue weighted by Crippen LogP contribution is -2.06. The smallest absolute Gasteiger partial charge is 0.283 e. The van der Waals surface area contributed by atoms with Crippen LogP contribution in [0.4, 0.5) is 21.0 Å². The zero-order chi connectivity index (χ0) is 13.4. The molecular formula is C9H8F5OP3. The van der Waals surface area contributed by atoms with E-state index in [2.05, 4.69) is 0 Å². The van der Waals surface area contributed by atoms with Crippen LogP contribution < -0.4 is 4.74 Å². The van der Waals surface area contributed by atoms with Gasteiger partial charge in [0.25, 0.3) is 7.51 Å². The van der Waals surface area contributed by atoms with Gasteiger partial charge in [-0.2, -0.15) is 16.8 Å². The van der Waals surface area contributed by atoms with Crippen LogP contribution in [0.15, 0.2) is 30.3 Å². The molecule has 0 saturated heterocycles. The maximum atomic E-state index is 13.5. The van der Waals surface area contributed by atoms with Gasteiger partial charge in [0.15, 0.2) is 0 Å². The monoisotopic (exact) mass is 320 g/mol. The molecule has 1 aliphatic heterocycles. The average molecular weight is 320 g/mol. The van der Waals surface area contributed by atoms with E-state index in [-0.39, 0.29) is 16.8 Å². The highest BCUT2D eigenvalue weighted by Crippen LogP contribution is 2.68. The van der Waals surface area contributed by atoms with E-state index in [1.165, 1.54) is 24.3 Å². The fraction of sp³-hybridized carbons (Fsp3) is 0. The van der Waals surface area contributed by atoms with Gasteiger partial charge in [0.05, 0.1) is 5.54 Å². The van der Waals surface area contributed by atoms with Crippen molar-refractivity contribution in [3.05, 3.63) is 30.3 Å². The molecule has 0 aromatic heterocycles. The van der Waals surface area contributed by atoms with Gasteiger partial charge in [-0.3, -0.25) is 0 Å². The predicted molar refractivity (Wildman–Crippen MR) is 71.9 cm³/mol. The van der Waals surface area contributed by atoms with Crippen molar-refractivity contribution in [2.24, 2.45) is 0 Å². The maximum absolute atomic E-state index is 13.5. The lowest BCUT2D eigenvalue weighted by molar-refractivity contribution is 0.569. The third-order valence-electron chi connectivity index (χ3n) is 2.02. The molecule has 0 radical (unpaired) electrons. The molecule has 9 heteroatoms. The zero-order valence-electron chi connectivity index (χ0n) is 8.73. The molecule has 1 aromatic carbocycles. The minimum Gasteiger partial charge on any atom is -0.449 e. The van der Waals surface area contributed by atoms with Crippen molar-refractivity contribution in [1.29, 1.82) is 0 Å². The fourth-order valence-electron chi connectivity index (χ4n) is 1.34. The Balaban J connectivity index is 2.48. The minimum atomic E-state index is -5.28. The first kappa shape index (κ1) is 14.0. The van der Waals surface area contributed by atoms with Crippen LogP contribution in [0.25, 0.3) is 0 Å². The van der Waals surface area contributed by atoms with Crippen molar-refractivity contribution >= 4 is 39.2 Å². The third-order valence-corrected chi connectivity index (χ3v) is 9.37. The Kier molecular flexibility index (Phi) is 3.82. The summed E-state index contributed by atoms with van der Waals surface area (Å²) in [7, 11) is -13.9. The molecule has 1 atom stereocenters. The highest BCUT2D eigenvalue weighted by molar-refractivity contribution is 8.12. The SMILES string of the molecule is F[PH]1=CP(F)(F)=CP(F)(F)=C1Oc1ccccc1. The lowest BCUT2D eigenvalue weighted by Gasteiger charge is -2.18. The van der Waals surface area contributed by atoms with Gasteiger partial charge < -0.3 is 4.74 Å². The molecule has 0 amide bonds. The summed E-state index contributed by atoms with van der Waals surface area (Å²) in [5, 5.41) is -1.11. The van der Waals surface area contributed by atoms with Crippen molar-refractivity contribution < 1.29 is 25.7 Å². The van der Waals surface area contributed by atoms with E-state index in [9.17, 15) is 21.0 Å². The Morgan fingerprint density at radius 3 is 2.17 bits per heavy atom. The zero-order valence-corrected chi connectivity index (χ0v) is 11.5. The van der Waals surface area contributed by atoms with Gasteiger partial charge in [0.1, 0.15) is 13.6 Å². The van der Waals surface area contributed by atoms with Crippen molar-refractivity contribution in [3.63, 3.8) is 0 Å². The van der Waals surface area contributed by atoms with Crippen molar-refractivity contribution in [1.82, 2.24) is 0 Å². The summed E-state index contributed by atoms with van der Waals surface area (Å²) < 4.78 is 71.1. The summed E-state index contributed by atoms with van der Waals surface area (Å²) in [6.07, 6.45) is 0. The lowest BCUT2D eigenvalue weighted by atomic mass is 10.3. The second kappa shape index (κ2) is 4.92.